The van der Waals surface area contributed by atoms with Crippen molar-refractivity contribution in [1.29, 1.82) is 0 Å². The van der Waals surface area contributed by atoms with Crippen LogP contribution >= 0.6 is 0 Å². The van der Waals surface area contributed by atoms with Gasteiger partial charge in [0.25, 0.3) is 0 Å². The van der Waals surface area contributed by atoms with E-state index in [0.717, 1.165) is 141 Å². The van der Waals surface area contributed by atoms with Gasteiger partial charge in [-0.15, -0.1) is 0 Å². The highest BCUT2D eigenvalue weighted by atomic mass is 32.3. The second-order valence-electron chi connectivity index (χ2n) is 18.1. The van der Waals surface area contributed by atoms with Gasteiger partial charge in [0, 0.05) is 13.0 Å². The molecule has 0 aliphatic carbocycles. The molecule has 12 nitrogen and oxygen atoms in total. The molecule has 74 heavy (non-hydrogen) atoms. The summed E-state index contributed by atoms with van der Waals surface area (Å²) in [5.74, 6) is -0.433. The zero-order valence-corrected chi connectivity index (χ0v) is 45.9. The summed E-state index contributed by atoms with van der Waals surface area (Å²) in [5, 5.41) is 30.8. The van der Waals surface area contributed by atoms with E-state index in [9.17, 15) is 33.1 Å². The smallest absolute Gasteiger partial charge is 0.397 e. The van der Waals surface area contributed by atoms with Crippen molar-refractivity contribution in [3.63, 3.8) is 0 Å². The first kappa shape index (κ1) is 68.0. The van der Waals surface area contributed by atoms with Crippen molar-refractivity contribution >= 4 is 16.4 Å². The van der Waals surface area contributed by atoms with Crippen molar-refractivity contribution in [3.8, 4) is 0 Å². The maximum Gasteiger partial charge on any atom is 0.397 e. The minimum absolute atomic E-state index is 0.00449. The summed E-state index contributed by atoms with van der Waals surface area (Å²) in [6.45, 7) is 3.64. The molecule has 4 N–H and O–H groups in total. The van der Waals surface area contributed by atoms with E-state index < -0.39 is 59.8 Å². The zero-order chi connectivity index (χ0) is 53.8. The molecule has 0 spiro atoms. The van der Waals surface area contributed by atoms with Crippen LogP contribution in [0.1, 0.15) is 168 Å². The molecule has 1 fully saturated rings. The number of carbonyl (C=O) groups excluding carboxylic acids is 1. The molecule has 0 bridgehead atoms. The van der Waals surface area contributed by atoms with Crippen LogP contribution in [0.5, 0.6) is 0 Å². The highest BCUT2D eigenvalue weighted by Crippen LogP contribution is 2.26. The lowest BCUT2D eigenvalue weighted by Crippen LogP contribution is -2.60. The Bertz CT molecular complexity index is 1840. The Hall–Kier alpha value is -4.02. The molecule has 0 radical (unpaired) electrons. The number of aliphatic hydroxyl groups excluding tert-OH is 3. The fraction of sp³-hybridized carbons (Fsp3) is 0.590. The molecule has 6 unspecified atom stereocenters. The van der Waals surface area contributed by atoms with Crippen molar-refractivity contribution in [2.75, 3.05) is 26.4 Å². The molecule has 13 heteroatoms. The molecule has 6 atom stereocenters. The van der Waals surface area contributed by atoms with E-state index in [0.29, 0.717) is 13.0 Å². The van der Waals surface area contributed by atoms with E-state index >= 15 is 0 Å². The predicted molar refractivity (Wildman–Crippen MR) is 303 cm³/mol. The fourth-order valence-electron chi connectivity index (χ4n) is 7.38. The van der Waals surface area contributed by atoms with Gasteiger partial charge in [-0.25, -0.2) is 4.18 Å². The van der Waals surface area contributed by atoms with E-state index in [1.165, 1.54) is 0 Å². The number of hydrogen-bond donors (Lipinski definition) is 4. The van der Waals surface area contributed by atoms with Gasteiger partial charge < -0.3 is 34.3 Å². The number of aliphatic hydroxyl groups is 3. The van der Waals surface area contributed by atoms with Crippen LogP contribution < -0.4 is 0 Å². The van der Waals surface area contributed by atoms with Gasteiger partial charge in [-0.2, -0.15) is 8.42 Å². The Morgan fingerprint density at radius 2 is 0.892 bits per heavy atom. The molecule has 0 aromatic heterocycles. The van der Waals surface area contributed by atoms with Crippen molar-refractivity contribution in [3.05, 3.63) is 146 Å². The highest BCUT2D eigenvalue weighted by molar-refractivity contribution is 7.80. The molecular formula is C61H96O12S. The Kier molecular flexibility index (Phi) is 45.8. The predicted octanol–water partition coefficient (Wildman–Crippen LogP) is 13.6. The summed E-state index contributed by atoms with van der Waals surface area (Å²) in [5.41, 5.74) is 0. The van der Waals surface area contributed by atoms with Gasteiger partial charge in [-0.05, 0) is 116 Å². The molecule has 1 saturated heterocycles. The second-order valence-corrected chi connectivity index (χ2v) is 19.1. The molecular weight excluding hydrogens is 957 g/mol. The normalized spacial score (nSPS) is 19.9. The third-order valence-corrected chi connectivity index (χ3v) is 11.9. The van der Waals surface area contributed by atoms with Gasteiger partial charge in [-0.1, -0.05) is 192 Å². The number of esters is 1. The zero-order valence-electron chi connectivity index (χ0n) is 45.1. The Morgan fingerprint density at radius 3 is 1.30 bits per heavy atom. The maximum absolute atomic E-state index is 13.0. The summed E-state index contributed by atoms with van der Waals surface area (Å²) in [7, 11) is -5.09. The highest BCUT2D eigenvalue weighted by Gasteiger charge is 2.48. The minimum atomic E-state index is -5.09. The number of carbonyl (C=O) groups is 1. The average Bonchev–Trinajstić information content (AvgIpc) is 3.38. The van der Waals surface area contributed by atoms with Gasteiger partial charge in [0.05, 0.1) is 19.8 Å². The van der Waals surface area contributed by atoms with Gasteiger partial charge in [0.15, 0.2) is 6.29 Å². The van der Waals surface area contributed by atoms with Crippen LogP contribution in [0, 0.1) is 0 Å². The van der Waals surface area contributed by atoms with Crippen LogP contribution in [0.2, 0.25) is 0 Å². The first-order valence-electron chi connectivity index (χ1n) is 27.6. The van der Waals surface area contributed by atoms with Crippen LogP contribution in [0.25, 0.3) is 0 Å². The molecule has 0 aromatic rings. The van der Waals surface area contributed by atoms with Crippen molar-refractivity contribution in [1.82, 2.24) is 0 Å². The first-order valence-corrected chi connectivity index (χ1v) is 29.0. The monoisotopic (exact) mass is 1050 g/mol. The largest absolute Gasteiger partial charge is 0.457 e. The lowest BCUT2D eigenvalue weighted by atomic mass is 9.99. The second kappa shape index (κ2) is 49.8. The maximum atomic E-state index is 13.0. The quantitative estimate of drug-likeness (QED) is 0.0197. The Labute approximate surface area is 447 Å². The third-order valence-electron chi connectivity index (χ3n) is 11.5. The molecule has 1 heterocycles. The summed E-state index contributed by atoms with van der Waals surface area (Å²) in [4.78, 5) is 13.0. The first-order chi connectivity index (χ1) is 36.1. The van der Waals surface area contributed by atoms with E-state index in [1.807, 2.05) is 0 Å². The molecule has 0 amide bonds. The number of hydrogen-bond acceptors (Lipinski definition) is 11. The SMILES string of the molecule is CC/C=C\C/C=C\C/C=C\C/C=C\C/C=C\C/C=C\CCCCCCCCC(=O)OC(COCCCCC/C=C\C/C=C\C/C=C\C/C=C\C/C=C\C/C=C\CC)COC1OC(CO)C(O)C(OS(=O)(=O)O)C1O. The molecule has 1 aliphatic rings. The van der Waals surface area contributed by atoms with Gasteiger partial charge in [0.2, 0.25) is 0 Å². The molecule has 418 valence electrons. The lowest BCUT2D eigenvalue weighted by molar-refractivity contribution is -0.301. The minimum Gasteiger partial charge on any atom is -0.457 e. The van der Waals surface area contributed by atoms with Gasteiger partial charge in [-0.3, -0.25) is 9.35 Å². The van der Waals surface area contributed by atoms with Gasteiger partial charge in [0.1, 0.15) is 30.5 Å². The molecule has 0 saturated carbocycles. The van der Waals surface area contributed by atoms with Crippen molar-refractivity contribution in [2.24, 2.45) is 0 Å². The topological polar surface area (TPSA) is 178 Å². The van der Waals surface area contributed by atoms with Crippen LogP contribution in [0.15, 0.2) is 146 Å². The summed E-state index contributed by atoms with van der Waals surface area (Å²) in [6.07, 6.45) is 65.9. The van der Waals surface area contributed by atoms with E-state index in [2.05, 4.69) is 164 Å². The summed E-state index contributed by atoms with van der Waals surface area (Å²) < 4.78 is 59.3. The number of unbranched alkanes of at least 4 members (excludes halogenated alkanes) is 9. The summed E-state index contributed by atoms with van der Waals surface area (Å²) in [6, 6.07) is 0. The summed E-state index contributed by atoms with van der Waals surface area (Å²) >= 11 is 0. The molecule has 1 aliphatic heterocycles. The Balaban J connectivity index is 2.39. The molecule has 0 aromatic carbocycles. The van der Waals surface area contributed by atoms with Crippen molar-refractivity contribution in [2.45, 2.75) is 205 Å². The van der Waals surface area contributed by atoms with Crippen LogP contribution in [0.4, 0.5) is 0 Å². The van der Waals surface area contributed by atoms with E-state index in [-0.39, 0.29) is 19.6 Å². The Morgan fingerprint density at radius 1 is 0.514 bits per heavy atom. The van der Waals surface area contributed by atoms with Crippen LogP contribution in [-0.4, -0.2) is 97.5 Å². The van der Waals surface area contributed by atoms with E-state index in [4.69, 9.17) is 18.9 Å². The lowest BCUT2D eigenvalue weighted by Gasteiger charge is -2.41. The van der Waals surface area contributed by atoms with Gasteiger partial charge >= 0.3 is 16.4 Å². The van der Waals surface area contributed by atoms with E-state index in [1.54, 1.807) is 0 Å². The number of ether oxygens (including phenoxy) is 4. The number of allylic oxidation sites excluding steroid dienone is 24. The average molecular weight is 1050 g/mol. The fourth-order valence-corrected chi connectivity index (χ4v) is 7.89. The van der Waals surface area contributed by atoms with Crippen molar-refractivity contribution < 1.29 is 56.2 Å². The standard InChI is InChI=1S/C61H96O12S/c1-3-5-7-9-11-13-15-17-19-21-23-25-27-28-29-30-32-34-36-38-40-42-44-46-48-50-57(63)71-55(54-70-61-59(65)60(73-74(66,67)68)58(64)56(52-62)72-61)53-69-51-49-47-45-43-41-39-37-35-33-31-26-24-22-20-18-16-14-12-10-8-6-4-2/h5-8,11-14,17-20,23-26,28-29,32-35,39,41,55-56,58-62,64-65H,3-4,9-10,15-16,21-22,27,30-31,36-38,40,42-54H2,1-2H3,(H,66,67,68)/b7-5-,8-6-,13-11-,14-12-,19-17-,20-18-,25-23-,26-24-,29-28-,34-32-,35-33-,41-39-. The molecule has 1 rings (SSSR count). The van der Waals surface area contributed by atoms with Crippen LogP contribution in [-0.2, 0) is 38.3 Å². The number of rotatable bonds is 46. The van der Waals surface area contributed by atoms with Crippen LogP contribution in [0.3, 0.4) is 0 Å². The third kappa shape index (κ3) is 42.2.